The fourth-order valence-electron chi connectivity index (χ4n) is 1.51. The molecule has 0 spiro atoms. The molecule has 2 heteroatoms. The molecule has 0 fully saturated rings. The Balaban J connectivity index is 2.70. The Labute approximate surface area is 82.5 Å². The van der Waals surface area contributed by atoms with Crippen LogP contribution in [0.1, 0.15) is 11.7 Å². The van der Waals surface area contributed by atoms with Crippen LogP contribution >= 0.6 is 0 Å². The first kappa shape index (κ1) is 8.91. The van der Waals surface area contributed by atoms with Crippen LogP contribution in [-0.2, 0) is 0 Å². The standard InChI is InChI=1S/C12H11NO/c1-2-12(14)10-5-3-7-11-9(10)6-4-8-13-11/h2-8,12,14H,1H2. The van der Waals surface area contributed by atoms with Gasteiger partial charge in [-0.2, -0.15) is 0 Å². The second-order valence-corrected chi connectivity index (χ2v) is 3.10. The summed E-state index contributed by atoms with van der Waals surface area (Å²) in [6, 6.07) is 9.51. The fourth-order valence-corrected chi connectivity index (χ4v) is 1.51. The van der Waals surface area contributed by atoms with Crippen molar-refractivity contribution >= 4 is 10.9 Å². The topological polar surface area (TPSA) is 33.1 Å². The van der Waals surface area contributed by atoms with E-state index in [0.717, 1.165) is 16.5 Å². The van der Waals surface area contributed by atoms with E-state index in [9.17, 15) is 5.11 Å². The number of rotatable bonds is 2. The van der Waals surface area contributed by atoms with Crippen LogP contribution in [0, 0.1) is 0 Å². The molecule has 2 aromatic rings. The van der Waals surface area contributed by atoms with Crippen molar-refractivity contribution in [2.45, 2.75) is 6.10 Å². The lowest BCUT2D eigenvalue weighted by Gasteiger charge is -2.08. The molecule has 2 nitrogen and oxygen atoms in total. The second kappa shape index (κ2) is 3.60. The Kier molecular flexibility index (Phi) is 2.29. The number of aliphatic hydroxyl groups excluding tert-OH is 1. The van der Waals surface area contributed by atoms with E-state index in [1.165, 1.54) is 6.08 Å². The molecule has 1 aromatic heterocycles. The van der Waals surface area contributed by atoms with Crippen LogP contribution < -0.4 is 0 Å². The average molecular weight is 185 g/mol. The third-order valence-electron chi connectivity index (χ3n) is 2.22. The van der Waals surface area contributed by atoms with Crippen molar-refractivity contribution in [2.75, 3.05) is 0 Å². The first-order chi connectivity index (χ1) is 6.83. The summed E-state index contributed by atoms with van der Waals surface area (Å²) in [5.74, 6) is 0. The summed E-state index contributed by atoms with van der Waals surface area (Å²) < 4.78 is 0. The maximum atomic E-state index is 9.68. The SMILES string of the molecule is C=CC(O)c1cccc2ncccc12. The molecule has 0 amide bonds. The van der Waals surface area contributed by atoms with Gasteiger partial charge in [0.1, 0.15) is 0 Å². The van der Waals surface area contributed by atoms with Gasteiger partial charge >= 0.3 is 0 Å². The average Bonchev–Trinajstić information content (AvgIpc) is 2.27. The van der Waals surface area contributed by atoms with Crippen molar-refractivity contribution in [2.24, 2.45) is 0 Å². The Hall–Kier alpha value is -1.67. The highest BCUT2D eigenvalue weighted by Gasteiger charge is 2.06. The van der Waals surface area contributed by atoms with E-state index >= 15 is 0 Å². The molecule has 1 atom stereocenters. The maximum absolute atomic E-state index is 9.68. The maximum Gasteiger partial charge on any atom is 0.0975 e. The van der Waals surface area contributed by atoms with Crippen LogP contribution in [0.3, 0.4) is 0 Å². The van der Waals surface area contributed by atoms with Crippen molar-refractivity contribution < 1.29 is 5.11 Å². The Morgan fingerprint density at radius 2 is 2.14 bits per heavy atom. The van der Waals surface area contributed by atoms with Gasteiger partial charge in [0.15, 0.2) is 0 Å². The number of nitrogens with zero attached hydrogens (tertiary/aromatic N) is 1. The Morgan fingerprint density at radius 3 is 2.93 bits per heavy atom. The highest BCUT2D eigenvalue weighted by atomic mass is 16.3. The van der Waals surface area contributed by atoms with Gasteiger partial charge in [-0.25, -0.2) is 0 Å². The van der Waals surface area contributed by atoms with Crippen molar-refractivity contribution in [3.05, 3.63) is 54.7 Å². The van der Waals surface area contributed by atoms with E-state index in [0.29, 0.717) is 0 Å². The molecule has 0 aliphatic rings. The minimum Gasteiger partial charge on any atom is -0.384 e. The normalized spacial score (nSPS) is 12.6. The predicted octanol–water partition coefficient (Wildman–Crippen LogP) is 2.45. The van der Waals surface area contributed by atoms with E-state index in [-0.39, 0.29) is 0 Å². The molecule has 1 heterocycles. The van der Waals surface area contributed by atoms with Crippen LogP contribution in [0.25, 0.3) is 10.9 Å². The number of aromatic nitrogens is 1. The predicted molar refractivity (Wildman–Crippen MR) is 56.9 cm³/mol. The largest absolute Gasteiger partial charge is 0.384 e. The van der Waals surface area contributed by atoms with Crippen LogP contribution in [0.2, 0.25) is 0 Å². The molecular formula is C12H11NO. The van der Waals surface area contributed by atoms with Gasteiger partial charge in [-0.3, -0.25) is 4.98 Å². The molecule has 1 unspecified atom stereocenters. The molecule has 70 valence electrons. The number of hydrogen-bond acceptors (Lipinski definition) is 2. The highest BCUT2D eigenvalue weighted by molar-refractivity contribution is 5.82. The van der Waals surface area contributed by atoms with E-state index in [2.05, 4.69) is 11.6 Å². The van der Waals surface area contributed by atoms with Gasteiger partial charge in [0.25, 0.3) is 0 Å². The van der Waals surface area contributed by atoms with Gasteiger partial charge in [-0.1, -0.05) is 24.3 Å². The molecule has 1 N–H and O–H groups in total. The van der Waals surface area contributed by atoms with Crippen LogP contribution in [0.4, 0.5) is 0 Å². The van der Waals surface area contributed by atoms with Crippen LogP contribution in [-0.4, -0.2) is 10.1 Å². The number of fused-ring (bicyclic) bond motifs is 1. The minimum atomic E-state index is -0.622. The first-order valence-corrected chi connectivity index (χ1v) is 4.47. The first-order valence-electron chi connectivity index (χ1n) is 4.47. The van der Waals surface area contributed by atoms with Crippen molar-refractivity contribution in [1.82, 2.24) is 4.98 Å². The molecule has 2 rings (SSSR count). The fraction of sp³-hybridized carbons (Fsp3) is 0.0833. The van der Waals surface area contributed by atoms with Gasteiger partial charge in [0, 0.05) is 11.6 Å². The molecule has 0 aliphatic heterocycles. The minimum absolute atomic E-state index is 0.622. The van der Waals surface area contributed by atoms with Crippen LogP contribution in [0.5, 0.6) is 0 Å². The molecule has 0 bridgehead atoms. The van der Waals surface area contributed by atoms with Crippen molar-refractivity contribution in [3.8, 4) is 0 Å². The summed E-state index contributed by atoms with van der Waals surface area (Å²) in [5.41, 5.74) is 1.75. The summed E-state index contributed by atoms with van der Waals surface area (Å²) in [5, 5.41) is 10.7. The van der Waals surface area contributed by atoms with E-state index in [1.807, 2.05) is 30.3 Å². The molecule has 0 radical (unpaired) electrons. The molecule has 0 saturated carbocycles. The lowest BCUT2D eigenvalue weighted by atomic mass is 10.0. The third-order valence-corrected chi connectivity index (χ3v) is 2.22. The lowest BCUT2D eigenvalue weighted by molar-refractivity contribution is 0.230. The summed E-state index contributed by atoms with van der Waals surface area (Å²) in [6.45, 7) is 3.57. The van der Waals surface area contributed by atoms with Gasteiger partial charge in [0.05, 0.1) is 11.6 Å². The van der Waals surface area contributed by atoms with Gasteiger partial charge in [-0.05, 0) is 17.7 Å². The molecular weight excluding hydrogens is 174 g/mol. The Bertz CT molecular complexity index is 459. The molecule has 14 heavy (non-hydrogen) atoms. The van der Waals surface area contributed by atoms with E-state index in [1.54, 1.807) is 6.20 Å². The zero-order valence-electron chi connectivity index (χ0n) is 7.72. The summed E-state index contributed by atoms with van der Waals surface area (Å²) in [4.78, 5) is 4.21. The van der Waals surface area contributed by atoms with Crippen LogP contribution in [0.15, 0.2) is 49.2 Å². The summed E-state index contributed by atoms with van der Waals surface area (Å²) >= 11 is 0. The van der Waals surface area contributed by atoms with Crippen molar-refractivity contribution in [1.29, 1.82) is 0 Å². The van der Waals surface area contributed by atoms with Gasteiger partial charge in [0.2, 0.25) is 0 Å². The van der Waals surface area contributed by atoms with Gasteiger partial charge in [-0.15, -0.1) is 6.58 Å². The van der Waals surface area contributed by atoms with Crippen molar-refractivity contribution in [3.63, 3.8) is 0 Å². The summed E-state index contributed by atoms with van der Waals surface area (Å²) in [6.07, 6.45) is 2.64. The quantitative estimate of drug-likeness (QED) is 0.729. The lowest BCUT2D eigenvalue weighted by Crippen LogP contribution is -1.94. The number of aliphatic hydroxyl groups is 1. The van der Waals surface area contributed by atoms with Gasteiger partial charge < -0.3 is 5.11 Å². The zero-order valence-corrected chi connectivity index (χ0v) is 7.72. The molecule has 0 saturated heterocycles. The third kappa shape index (κ3) is 1.40. The van der Waals surface area contributed by atoms with E-state index < -0.39 is 6.10 Å². The molecule has 1 aromatic carbocycles. The Morgan fingerprint density at radius 1 is 1.29 bits per heavy atom. The monoisotopic (exact) mass is 185 g/mol. The summed E-state index contributed by atoms with van der Waals surface area (Å²) in [7, 11) is 0. The highest BCUT2D eigenvalue weighted by Crippen LogP contribution is 2.22. The number of benzene rings is 1. The second-order valence-electron chi connectivity index (χ2n) is 3.10. The number of pyridine rings is 1. The molecule has 0 aliphatic carbocycles. The zero-order chi connectivity index (χ0) is 9.97. The number of hydrogen-bond donors (Lipinski definition) is 1. The smallest absolute Gasteiger partial charge is 0.0975 e. The van der Waals surface area contributed by atoms with E-state index in [4.69, 9.17) is 0 Å².